The van der Waals surface area contributed by atoms with Crippen LogP contribution in [0.4, 0.5) is 17.1 Å². The molecule has 0 N–H and O–H groups in total. The third-order valence-electron chi connectivity index (χ3n) is 6.27. The summed E-state index contributed by atoms with van der Waals surface area (Å²) in [6, 6.07) is 17.1. The fourth-order valence-corrected chi connectivity index (χ4v) is 4.70. The Bertz CT molecular complexity index is 1350. The first-order chi connectivity index (χ1) is 17.3. The first kappa shape index (κ1) is 23.6. The highest BCUT2D eigenvalue weighted by atomic mass is 35.5. The zero-order chi connectivity index (χ0) is 25.6. The van der Waals surface area contributed by atoms with Crippen molar-refractivity contribution in [1.82, 2.24) is 0 Å². The van der Waals surface area contributed by atoms with E-state index in [9.17, 15) is 19.7 Å². The van der Waals surface area contributed by atoms with Gasteiger partial charge in [-0.15, -0.1) is 0 Å². The van der Waals surface area contributed by atoms with Crippen molar-refractivity contribution in [2.75, 3.05) is 24.2 Å². The standard InChI is InChI=1S/C25H20ClN3O7/c1-34-17-9-3-14(4-10-17)22-21-23(36-28(22)16-7-5-15(26)6-8-16)25(31)27(24(21)30)19-12-11-18(35-2)13-20(19)29(32)33/h3-13,21-23H,1-2H3. The minimum Gasteiger partial charge on any atom is -0.497 e. The highest BCUT2D eigenvalue weighted by Crippen LogP contribution is 2.49. The van der Waals surface area contributed by atoms with Gasteiger partial charge in [0.15, 0.2) is 6.10 Å². The van der Waals surface area contributed by atoms with E-state index in [4.69, 9.17) is 25.9 Å². The lowest BCUT2D eigenvalue weighted by Gasteiger charge is -2.28. The number of nitrogens with zero attached hydrogens (tertiary/aromatic N) is 3. The van der Waals surface area contributed by atoms with E-state index in [2.05, 4.69) is 0 Å². The van der Waals surface area contributed by atoms with Crippen LogP contribution in [0, 0.1) is 16.0 Å². The van der Waals surface area contributed by atoms with Crippen molar-refractivity contribution >= 4 is 40.5 Å². The van der Waals surface area contributed by atoms with Crippen molar-refractivity contribution in [3.63, 3.8) is 0 Å². The van der Waals surface area contributed by atoms with Gasteiger partial charge in [-0.25, -0.2) is 9.96 Å². The number of fused-ring (bicyclic) bond motifs is 1. The highest BCUT2D eigenvalue weighted by Gasteiger charge is 2.61. The molecule has 2 aliphatic heterocycles. The van der Waals surface area contributed by atoms with Gasteiger partial charge in [0.05, 0.1) is 36.9 Å². The number of hydrogen-bond acceptors (Lipinski definition) is 8. The Morgan fingerprint density at radius 1 is 0.917 bits per heavy atom. The molecule has 0 saturated carbocycles. The number of nitro groups is 1. The van der Waals surface area contributed by atoms with E-state index in [0.29, 0.717) is 22.0 Å². The van der Waals surface area contributed by atoms with Crippen LogP contribution in [0.5, 0.6) is 11.5 Å². The number of carbonyl (C=O) groups is 2. The number of amides is 2. The molecule has 2 saturated heterocycles. The SMILES string of the molecule is COc1ccc(C2C3C(=O)N(c4ccc(OC)cc4[N+](=O)[O-])C(=O)C3ON2c2ccc(Cl)cc2)cc1. The van der Waals surface area contributed by atoms with Crippen LogP contribution < -0.4 is 19.4 Å². The number of benzene rings is 3. The van der Waals surface area contributed by atoms with Crippen LogP contribution in [0.15, 0.2) is 66.7 Å². The number of nitro benzene ring substituents is 1. The third-order valence-corrected chi connectivity index (χ3v) is 6.53. The number of rotatable bonds is 6. The van der Waals surface area contributed by atoms with Crippen LogP contribution in [0.3, 0.4) is 0 Å². The number of hydrogen-bond donors (Lipinski definition) is 0. The molecule has 11 heteroatoms. The Labute approximate surface area is 210 Å². The molecule has 0 spiro atoms. The summed E-state index contributed by atoms with van der Waals surface area (Å²) in [5.41, 5.74) is 0.731. The summed E-state index contributed by atoms with van der Waals surface area (Å²) in [7, 11) is 2.91. The van der Waals surface area contributed by atoms with E-state index in [1.807, 2.05) is 0 Å². The minimum atomic E-state index is -1.18. The Balaban J connectivity index is 1.59. The monoisotopic (exact) mass is 509 g/mol. The zero-order valence-corrected chi connectivity index (χ0v) is 19.9. The number of methoxy groups -OCH3 is 2. The van der Waals surface area contributed by atoms with Gasteiger partial charge < -0.3 is 9.47 Å². The minimum absolute atomic E-state index is 0.139. The molecule has 2 fully saturated rings. The number of ether oxygens (including phenoxy) is 2. The number of imide groups is 1. The molecule has 2 aliphatic rings. The third kappa shape index (κ3) is 3.80. The normalized spacial score (nSPS) is 21.0. The maximum atomic E-state index is 13.8. The first-order valence-corrected chi connectivity index (χ1v) is 11.3. The average molecular weight is 510 g/mol. The summed E-state index contributed by atoms with van der Waals surface area (Å²) in [6.07, 6.45) is -1.18. The van der Waals surface area contributed by atoms with Gasteiger partial charge in [-0.2, -0.15) is 0 Å². The molecule has 0 radical (unpaired) electrons. The maximum absolute atomic E-state index is 13.8. The largest absolute Gasteiger partial charge is 0.497 e. The lowest BCUT2D eigenvalue weighted by molar-refractivity contribution is -0.384. The molecular weight excluding hydrogens is 490 g/mol. The number of halogens is 1. The number of hydroxylamine groups is 1. The van der Waals surface area contributed by atoms with E-state index in [0.717, 1.165) is 4.90 Å². The predicted octanol–water partition coefficient (Wildman–Crippen LogP) is 4.32. The Morgan fingerprint density at radius 2 is 1.56 bits per heavy atom. The van der Waals surface area contributed by atoms with Crippen molar-refractivity contribution in [3.05, 3.63) is 87.4 Å². The number of anilines is 2. The molecule has 3 aromatic carbocycles. The van der Waals surface area contributed by atoms with E-state index in [1.54, 1.807) is 55.6 Å². The van der Waals surface area contributed by atoms with Crippen molar-refractivity contribution in [2.24, 2.45) is 5.92 Å². The topological polar surface area (TPSA) is 111 Å². The van der Waals surface area contributed by atoms with Gasteiger partial charge in [0.25, 0.3) is 11.6 Å². The zero-order valence-electron chi connectivity index (χ0n) is 19.2. The first-order valence-electron chi connectivity index (χ1n) is 10.9. The van der Waals surface area contributed by atoms with Crippen molar-refractivity contribution in [1.29, 1.82) is 0 Å². The fourth-order valence-electron chi connectivity index (χ4n) is 4.57. The van der Waals surface area contributed by atoms with Crippen LogP contribution in [0.25, 0.3) is 0 Å². The maximum Gasteiger partial charge on any atom is 0.297 e. The van der Waals surface area contributed by atoms with E-state index in [-0.39, 0.29) is 11.4 Å². The van der Waals surface area contributed by atoms with Crippen molar-refractivity contribution in [3.8, 4) is 11.5 Å². The summed E-state index contributed by atoms with van der Waals surface area (Å²) in [6.45, 7) is 0. The van der Waals surface area contributed by atoms with Crippen LogP contribution in [0.1, 0.15) is 11.6 Å². The van der Waals surface area contributed by atoms with Crippen LogP contribution in [0.2, 0.25) is 5.02 Å². The van der Waals surface area contributed by atoms with E-state index < -0.39 is 40.5 Å². The van der Waals surface area contributed by atoms with Crippen LogP contribution in [-0.2, 0) is 14.4 Å². The summed E-state index contributed by atoms with van der Waals surface area (Å²) < 4.78 is 10.3. The lowest BCUT2D eigenvalue weighted by Crippen LogP contribution is -2.37. The van der Waals surface area contributed by atoms with Gasteiger partial charge in [-0.1, -0.05) is 23.7 Å². The average Bonchev–Trinajstić information content (AvgIpc) is 3.39. The van der Waals surface area contributed by atoms with E-state index in [1.165, 1.54) is 30.4 Å². The highest BCUT2D eigenvalue weighted by molar-refractivity contribution is 6.30. The van der Waals surface area contributed by atoms with Gasteiger partial charge in [0.1, 0.15) is 23.1 Å². The molecule has 0 bridgehead atoms. The van der Waals surface area contributed by atoms with Crippen molar-refractivity contribution < 1.29 is 28.8 Å². The van der Waals surface area contributed by atoms with Gasteiger partial charge >= 0.3 is 0 Å². The van der Waals surface area contributed by atoms with Crippen LogP contribution in [-0.4, -0.2) is 37.1 Å². The Hall–Kier alpha value is -4.15. The van der Waals surface area contributed by atoms with Gasteiger partial charge in [0.2, 0.25) is 5.91 Å². The smallest absolute Gasteiger partial charge is 0.297 e. The van der Waals surface area contributed by atoms with Gasteiger partial charge in [-0.3, -0.25) is 24.5 Å². The Kier molecular flexibility index (Phi) is 5.99. The molecular formula is C25H20ClN3O7. The summed E-state index contributed by atoms with van der Waals surface area (Å²) in [5.74, 6) is -1.39. The molecule has 184 valence electrons. The molecule has 10 nitrogen and oxygen atoms in total. The molecule has 36 heavy (non-hydrogen) atoms. The molecule has 0 aromatic heterocycles. The predicted molar refractivity (Wildman–Crippen MR) is 130 cm³/mol. The second-order valence-electron chi connectivity index (χ2n) is 8.20. The quantitative estimate of drug-likeness (QED) is 0.274. The summed E-state index contributed by atoms with van der Waals surface area (Å²) in [4.78, 5) is 45.3. The lowest BCUT2D eigenvalue weighted by atomic mass is 9.90. The number of carbonyl (C=O) groups excluding carboxylic acids is 2. The van der Waals surface area contributed by atoms with Gasteiger partial charge in [-0.05, 0) is 54.1 Å². The second kappa shape index (κ2) is 9.14. The van der Waals surface area contributed by atoms with E-state index >= 15 is 0 Å². The second-order valence-corrected chi connectivity index (χ2v) is 8.63. The molecule has 3 atom stereocenters. The van der Waals surface area contributed by atoms with Gasteiger partial charge in [0, 0.05) is 5.02 Å². The van der Waals surface area contributed by atoms with Crippen LogP contribution >= 0.6 is 11.6 Å². The molecule has 2 amide bonds. The molecule has 3 aromatic rings. The molecule has 5 rings (SSSR count). The molecule has 0 aliphatic carbocycles. The summed E-state index contributed by atoms with van der Waals surface area (Å²) in [5, 5.41) is 13.8. The fraction of sp³-hybridized carbons (Fsp3) is 0.200. The Morgan fingerprint density at radius 3 is 2.17 bits per heavy atom. The molecule has 3 unspecified atom stereocenters. The summed E-state index contributed by atoms with van der Waals surface area (Å²) >= 11 is 6.04. The molecule has 2 heterocycles. The van der Waals surface area contributed by atoms with Crippen molar-refractivity contribution in [2.45, 2.75) is 12.1 Å².